The molecule has 4 nitrogen and oxygen atoms in total. The van der Waals surface area contributed by atoms with Gasteiger partial charge in [-0.15, -0.1) is 0 Å². The second-order valence-corrected chi connectivity index (χ2v) is 8.93. The number of carbonyl (C=O) groups excluding carboxylic acids is 1. The summed E-state index contributed by atoms with van der Waals surface area (Å²) in [4.78, 5) is 18.0. The van der Waals surface area contributed by atoms with Crippen molar-refractivity contribution in [1.29, 1.82) is 0 Å². The Balaban J connectivity index is 1.58. The van der Waals surface area contributed by atoms with Crippen LogP contribution in [-0.2, 0) is 6.54 Å². The largest absolute Gasteiger partial charge is 0.397 e. The number of nitrogens with two attached hydrogens (primary N) is 1. The third kappa shape index (κ3) is 2.24. The van der Waals surface area contributed by atoms with E-state index in [1.165, 1.54) is 18.4 Å². The quantitative estimate of drug-likeness (QED) is 0.537. The molecule has 0 radical (unpaired) electrons. The smallest absolute Gasteiger partial charge is 0.255 e. The molecule has 2 fully saturated rings. The minimum Gasteiger partial charge on any atom is -0.397 e. The number of hydrogen-bond donors (Lipinski definition) is 1. The van der Waals surface area contributed by atoms with Crippen molar-refractivity contribution >= 4 is 45.0 Å². The van der Waals surface area contributed by atoms with Crippen molar-refractivity contribution in [1.82, 2.24) is 9.80 Å². The summed E-state index contributed by atoms with van der Waals surface area (Å²) in [5.74, 6) is 0.190. The number of anilines is 1. The predicted octanol–water partition coefficient (Wildman–Crippen LogP) is 3.61. The fraction of sp³-hybridized carbons (Fsp3) is 0.450. The van der Waals surface area contributed by atoms with Crippen LogP contribution in [0.4, 0.5) is 5.69 Å². The Bertz CT molecular complexity index is 882. The zero-order chi connectivity index (χ0) is 17.3. The maximum absolute atomic E-state index is 13.3. The van der Waals surface area contributed by atoms with Crippen molar-refractivity contribution in [3.05, 3.63) is 39.0 Å². The molecule has 2 N–H and O–H groups in total. The second kappa shape index (κ2) is 5.58. The van der Waals surface area contributed by atoms with E-state index in [0.29, 0.717) is 18.1 Å². The topological polar surface area (TPSA) is 49.6 Å². The summed E-state index contributed by atoms with van der Waals surface area (Å²) in [5, 5.41) is 2.09. The Kier molecular flexibility index (Phi) is 3.54. The number of piperidine rings is 1. The molecule has 2 aromatic rings. The van der Waals surface area contributed by atoms with E-state index in [2.05, 4.69) is 51.6 Å². The van der Waals surface area contributed by atoms with Crippen LogP contribution in [0.2, 0.25) is 0 Å². The normalized spacial score (nSPS) is 28.8. The zero-order valence-corrected chi connectivity index (χ0v) is 16.5. The van der Waals surface area contributed by atoms with Crippen LogP contribution in [0.15, 0.2) is 24.3 Å². The van der Waals surface area contributed by atoms with E-state index in [0.717, 1.165) is 45.0 Å². The van der Waals surface area contributed by atoms with Crippen molar-refractivity contribution in [3.63, 3.8) is 0 Å². The number of fused-ring (bicyclic) bond motifs is 2. The standard InChI is InChI=1S/C20H22IN3O/c1-23-12-5-6-13(23)8-14(7-12)24-10-11-3-2-4-15-18(11)16(20(24)25)9-17(21)19(15)22/h2-4,9,12-14H,5-8,10,22H2,1H3/t12-,13+,14?. The van der Waals surface area contributed by atoms with Crippen LogP contribution >= 0.6 is 22.6 Å². The van der Waals surface area contributed by atoms with E-state index < -0.39 is 0 Å². The molecular formula is C20H22IN3O. The first kappa shape index (κ1) is 15.9. The lowest BCUT2D eigenvalue weighted by atomic mass is 9.90. The molecule has 3 aliphatic heterocycles. The maximum atomic E-state index is 13.3. The summed E-state index contributed by atoms with van der Waals surface area (Å²) in [6.45, 7) is 0.719. The molecule has 2 saturated heterocycles. The monoisotopic (exact) mass is 447 g/mol. The van der Waals surface area contributed by atoms with Crippen LogP contribution in [0, 0.1) is 3.57 Å². The average Bonchev–Trinajstić information content (AvgIpc) is 2.83. The molecule has 25 heavy (non-hydrogen) atoms. The first-order valence-electron chi connectivity index (χ1n) is 9.07. The highest BCUT2D eigenvalue weighted by atomic mass is 127. The van der Waals surface area contributed by atoms with E-state index in [9.17, 15) is 4.79 Å². The molecule has 0 aromatic heterocycles. The van der Waals surface area contributed by atoms with Crippen LogP contribution in [0.3, 0.4) is 0 Å². The summed E-state index contributed by atoms with van der Waals surface area (Å²) >= 11 is 2.25. The van der Waals surface area contributed by atoms with Gasteiger partial charge >= 0.3 is 0 Å². The molecule has 5 rings (SSSR count). The maximum Gasteiger partial charge on any atom is 0.255 e. The minimum atomic E-state index is 0.190. The molecular weight excluding hydrogens is 425 g/mol. The van der Waals surface area contributed by atoms with Gasteiger partial charge < -0.3 is 15.5 Å². The molecule has 2 bridgehead atoms. The molecule has 130 valence electrons. The summed E-state index contributed by atoms with van der Waals surface area (Å²) in [7, 11) is 2.25. The van der Waals surface area contributed by atoms with E-state index >= 15 is 0 Å². The first-order valence-corrected chi connectivity index (χ1v) is 10.1. The van der Waals surface area contributed by atoms with Gasteiger partial charge in [-0.3, -0.25) is 4.79 Å². The van der Waals surface area contributed by atoms with Crippen molar-refractivity contribution in [2.24, 2.45) is 0 Å². The van der Waals surface area contributed by atoms with E-state index in [1.807, 2.05) is 12.1 Å². The molecule has 5 heteroatoms. The van der Waals surface area contributed by atoms with Gasteiger partial charge in [-0.2, -0.15) is 0 Å². The molecule has 1 amide bonds. The number of rotatable bonds is 1. The Hall–Kier alpha value is -1.34. The zero-order valence-electron chi connectivity index (χ0n) is 14.3. The van der Waals surface area contributed by atoms with Gasteiger partial charge in [0.1, 0.15) is 0 Å². The summed E-state index contributed by atoms with van der Waals surface area (Å²) < 4.78 is 0.968. The molecule has 0 saturated carbocycles. The summed E-state index contributed by atoms with van der Waals surface area (Å²) in [5.41, 5.74) is 9.14. The number of nitrogen functional groups attached to an aromatic ring is 1. The Morgan fingerprint density at radius 1 is 1.16 bits per heavy atom. The van der Waals surface area contributed by atoms with Crippen LogP contribution in [0.1, 0.15) is 41.6 Å². The lowest BCUT2D eigenvalue weighted by molar-refractivity contribution is 0.0452. The van der Waals surface area contributed by atoms with Gasteiger partial charge in [0.2, 0.25) is 0 Å². The van der Waals surface area contributed by atoms with Gasteiger partial charge in [0.05, 0.1) is 5.69 Å². The first-order chi connectivity index (χ1) is 12.0. The third-order valence-electron chi connectivity index (χ3n) is 6.58. The molecule has 3 heterocycles. The third-order valence-corrected chi connectivity index (χ3v) is 7.48. The average molecular weight is 447 g/mol. The van der Waals surface area contributed by atoms with E-state index in [1.54, 1.807) is 0 Å². The highest BCUT2D eigenvalue weighted by molar-refractivity contribution is 14.1. The number of nitrogens with zero attached hydrogens (tertiary/aromatic N) is 2. The summed E-state index contributed by atoms with van der Waals surface area (Å²) in [6, 6.07) is 9.89. The van der Waals surface area contributed by atoms with Gasteiger partial charge in [-0.05, 0) is 67.0 Å². The fourth-order valence-electron chi connectivity index (χ4n) is 5.19. The van der Waals surface area contributed by atoms with Gasteiger partial charge in [0.15, 0.2) is 0 Å². The van der Waals surface area contributed by atoms with Crippen LogP contribution < -0.4 is 5.73 Å². The molecule has 0 aliphatic carbocycles. The number of carbonyl (C=O) groups is 1. The SMILES string of the molecule is CN1[C@@H]2CC[C@H]1CC(N1Cc3cccc4c(N)c(I)cc(c34)C1=O)C2. The molecule has 3 aliphatic rings. The minimum absolute atomic E-state index is 0.190. The van der Waals surface area contributed by atoms with E-state index in [4.69, 9.17) is 5.73 Å². The predicted molar refractivity (Wildman–Crippen MR) is 109 cm³/mol. The molecule has 1 unspecified atom stereocenters. The Labute approximate surface area is 161 Å². The van der Waals surface area contributed by atoms with E-state index in [-0.39, 0.29) is 5.91 Å². The lowest BCUT2D eigenvalue weighted by Gasteiger charge is -2.43. The Morgan fingerprint density at radius 2 is 1.88 bits per heavy atom. The molecule has 0 spiro atoms. The van der Waals surface area contributed by atoms with Gasteiger partial charge in [-0.1, -0.05) is 18.2 Å². The number of benzene rings is 2. The number of hydrogen-bond acceptors (Lipinski definition) is 3. The van der Waals surface area contributed by atoms with Gasteiger partial charge in [-0.25, -0.2) is 0 Å². The van der Waals surface area contributed by atoms with Crippen molar-refractivity contribution in [2.45, 2.75) is 50.4 Å². The van der Waals surface area contributed by atoms with Crippen molar-refractivity contribution in [2.75, 3.05) is 12.8 Å². The Morgan fingerprint density at radius 3 is 2.60 bits per heavy atom. The van der Waals surface area contributed by atoms with Gasteiger partial charge in [0.25, 0.3) is 5.91 Å². The molecule has 3 atom stereocenters. The van der Waals surface area contributed by atoms with Crippen LogP contribution in [0.25, 0.3) is 10.8 Å². The van der Waals surface area contributed by atoms with Gasteiger partial charge in [0, 0.05) is 44.6 Å². The highest BCUT2D eigenvalue weighted by Crippen LogP contribution is 2.41. The fourth-order valence-corrected chi connectivity index (χ4v) is 5.79. The number of halogens is 1. The molecule has 2 aromatic carbocycles. The highest BCUT2D eigenvalue weighted by Gasteiger charge is 2.42. The van der Waals surface area contributed by atoms with Crippen LogP contribution in [0.5, 0.6) is 0 Å². The number of amides is 1. The van der Waals surface area contributed by atoms with Crippen LogP contribution in [-0.4, -0.2) is 40.9 Å². The van der Waals surface area contributed by atoms with Crippen molar-refractivity contribution in [3.8, 4) is 0 Å². The second-order valence-electron chi connectivity index (χ2n) is 7.77. The summed E-state index contributed by atoms with van der Waals surface area (Å²) in [6.07, 6.45) is 4.77. The lowest BCUT2D eigenvalue weighted by Crippen LogP contribution is -2.51. The van der Waals surface area contributed by atoms with Crippen molar-refractivity contribution < 1.29 is 4.79 Å².